The van der Waals surface area contributed by atoms with Crippen molar-refractivity contribution in [1.82, 2.24) is 15.2 Å². The summed E-state index contributed by atoms with van der Waals surface area (Å²) in [5, 5.41) is 5.04. The van der Waals surface area contributed by atoms with Crippen LogP contribution in [0.3, 0.4) is 0 Å². The van der Waals surface area contributed by atoms with Crippen molar-refractivity contribution in [3.63, 3.8) is 0 Å². The number of hydrazine groups is 1. The summed E-state index contributed by atoms with van der Waals surface area (Å²) in [5.74, 6) is 6.68. The van der Waals surface area contributed by atoms with Crippen LogP contribution in [0.25, 0.3) is 0 Å². The number of nitrogens with one attached hydrogen (secondary N) is 1. The Labute approximate surface area is 129 Å². The molecule has 3 N–H and O–H groups in total. The molecule has 6 heteroatoms. The van der Waals surface area contributed by atoms with Crippen LogP contribution < -0.4 is 16.0 Å². The molecule has 21 heavy (non-hydrogen) atoms. The van der Waals surface area contributed by atoms with Crippen LogP contribution >= 0.6 is 11.6 Å². The molecule has 2 heterocycles. The van der Waals surface area contributed by atoms with Crippen molar-refractivity contribution in [2.45, 2.75) is 31.9 Å². The minimum Gasteiger partial charge on any atom is -0.488 e. The Balaban J connectivity index is 1.78. The minimum atomic E-state index is -0.0234. The number of ether oxygens (including phenoxy) is 1. The van der Waals surface area contributed by atoms with E-state index in [0.29, 0.717) is 11.4 Å². The number of rotatable bonds is 4. The van der Waals surface area contributed by atoms with E-state index in [0.717, 1.165) is 23.6 Å². The Hall–Kier alpha value is -1.56. The lowest BCUT2D eigenvalue weighted by Gasteiger charge is -2.22. The van der Waals surface area contributed by atoms with Crippen molar-refractivity contribution < 1.29 is 4.74 Å². The molecule has 0 saturated heterocycles. The number of halogens is 1. The molecule has 1 aliphatic rings. The number of hydrogen-bond donors (Lipinski definition) is 2. The highest BCUT2D eigenvalue weighted by molar-refractivity contribution is 6.31. The summed E-state index contributed by atoms with van der Waals surface area (Å²) in [7, 11) is 1.89. The van der Waals surface area contributed by atoms with E-state index in [9.17, 15) is 0 Å². The molecule has 0 amide bonds. The number of benzene rings is 1. The Bertz CT molecular complexity index is 630. The topological polar surface area (TPSA) is 65.1 Å². The lowest BCUT2D eigenvalue weighted by Crippen LogP contribution is -2.47. The Morgan fingerprint density at radius 3 is 2.90 bits per heavy atom. The van der Waals surface area contributed by atoms with Gasteiger partial charge in [0.15, 0.2) is 0 Å². The van der Waals surface area contributed by atoms with Gasteiger partial charge in [0.05, 0.1) is 22.5 Å². The van der Waals surface area contributed by atoms with Crippen LogP contribution in [0.4, 0.5) is 0 Å². The van der Waals surface area contributed by atoms with Gasteiger partial charge in [-0.1, -0.05) is 29.8 Å². The highest BCUT2D eigenvalue weighted by Crippen LogP contribution is 2.31. The maximum absolute atomic E-state index is 6.32. The number of fused-ring (bicyclic) bond motifs is 1. The van der Waals surface area contributed by atoms with Gasteiger partial charge in [-0.25, -0.2) is 0 Å². The zero-order valence-corrected chi connectivity index (χ0v) is 12.9. The number of para-hydroxylation sites is 1. The molecule has 2 aromatic rings. The highest BCUT2D eigenvalue weighted by atomic mass is 35.5. The summed E-state index contributed by atoms with van der Waals surface area (Å²) < 4.78 is 7.81. The summed E-state index contributed by atoms with van der Waals surface area (Å²) >= 11 is 6.32. The first-order chi connectivity index (χ1) is 10.1. The second kappa shape index (κ2) is 5.67. The lowest BCUT2D eigenvalue weighted by atomic mass is 10.0. The molecule has 0 saturated carbocycles. The van der Waals surface area contributed by atoms with Gasteiger partial charge in [0.1, 0.15) is 11.9 Å². The lowest BCUT2D eigenvalue weighted by molar-refractivity contribution is 0.176. The predicted molar refractivity (Wildman–Crippen MR) is 82.3 cm³/mol. The summed E-state index contributed by atoms with van der Waals surface area (Å²) in [6.07, 6.45) is 1.52. The van der Waals surface area contributed by atoms with E-state index in [1.807, 2.05) is 36.9 Å². The first-order valence-corrected chi connectivity index (χ1v) is 7.36. The van der Waals surface area contributed by atoms with Gasteiger partial charge in [-0.3, -0.25) is 16.0 Å². The smallest absolute Gasteiger partial charge is 0.123 e. The van der Waals surface area contributed by atoms with Crippen molar-refractivity contribution in [3.8, 4) is 5.75 Å². The van der Waals surface area contributed by atoms with Gasteiger partial charge in [-0.15, -0.1) is 0 Å². The van der Waals surface area contributed by atoms with Crippen LogP contribution in [-0.2, 0) is 19.9 Å². The molecule has 0 spiro atoms. The molecule has 112 valence electrons. The fraction of sp³-hybridized carbons (Fsp3) is 0.400. The molecule has 1 aromatic carbocycles. The van der Waals surface area contributed by atoms with Crippen LogP contribution in [0.1, 0.15) is 17.0 Å². The monoisotopic (exact) mass is 306 g/mol. The molecular formula is C15H19ClN4O. The van der Waals surface area contributed by atoms with E-state index in [4.69, 9.17) is 22.2 Å². The van der Waals surface area contributed by atoms with Gasteiger partial charge in [0, 0.05) is 19.9 Å². The number of aryl methyl sites for hydroxylation is 2. The van der Waals surface area contributed by atoms with Gasteiger partial charge < -0.3 is 4.74 Å². The average molecular weight is 307 g/mol. The van der Waals surface area contributed by atoms with Crippen molar-refractivity contribution in [2.24, 2.45) is 12.9 Å². The van der Waals surface area contributed by atoms with Gasteiger partial charge >= 0.3 is 0 Å². The standard InChI is InChI=1S/C15H19ClN4O/c1-9-15(16)12(20(2)19-9)8-11(18-17)14-7-10-5-3-4-6-13(10)21-14/h3-6,11,14,18H,7-8,17H2,1-2H3. The van der Waals surface area contributed by atoms with Crippen molar-refractivity contribution in [1.29, 1.82) is 0 Å². The fourth-order valence-corrected chi connectivity index (χ4v) is 3.08. The Morgan fingerprint density at radius 2 is 2.29 bits per heavy atom. The largest absolute Gasteiger partial charge is 0.488 e. The third-order valence-electron chi connectivity index (χ3n) is 4.01. The minimum absolute atomic E-state index is 0.00123. The summed E-state index contributed by atoms with van der Waals surface area (Å²) in [6, 6.07) is 8.06. The van der Waals surface area contributed by atoms with E-state index in [2.05, 4.69) is 16.6 Å². The summed E-state index contributed by atoms with van der Waals surface area (Å²) in [5.41, 5.74) is 5.89. The molecule has 0 aliphatic carbocycles. The van der Waals surface area contributed by atoms with Crippen molar-refractivity contribution >= 4 is 11.6 Å². The number of hydrogen-bond acceptors (Lipinski definition) is 4. The van der Waals surface area contributed by atoms with E-state index in [1.165, 1.54) is 5.56 Å². The summed E-state index contributed by atoms with van der Waals surface area (Å²) in [4.78, 5) is 0. The molecule has 0 fully saturated rings. The van der Waals surface area contributed by atoms with E-state index in [-0.39, 0.29) is 12.1 Å². The molecule has 1 aliphatic heterocycles. The fourth-order valence-electron chi connectivity index (χ4n) is 2.84. The molecule has 0 bridgehead atoms. The van der Waals surface area contributed by atoms with Gasteiger partial charge in [0.2, 0.25) is 0 Å². The first kappa shape index (κ1) is 14.4. The molecule has 2 unspecified atom stereocenters. The molecule has 3 rings (SSSR count). The van der Waals surface area contributed by atoms with Gasteiger partial charge in [-0.05, 0) is 18.6 Å². The van der Waals surface area contributed by atoms with Crippen LogP contribution in [-0.4, -0.2) is 21.9 Å². The molecule has 0 radical (unpaired) electrons. The molecular weight excluding hydrogens is 288 g/mol. The van der Waals surface area contributed by atoms with Gasteiger partial charge in [0.25, 0.3) is 0 Å². The SMILES string of the molecule is Cc1nn(C)c(CC(NN)C2Cc3ccccc3O2)c1Cl. The van der Waals surface area contributed by atoms with E-state index < -0.39 is 0 Å². The van der Waals surface area contributed by atoms with Crippen molar-refractivity contribution in [2.75, 3.05) is 0 Å². The molecule has 2 atom stereocenters. The van der Waals surface area contributed by atoms with Gasteiger partial charge in [-0.2, -0.15) is 5.10 Å². The quantitative estimate of drug-likeness (QED) is 0.667. The predicted octanol–water partition coefficient (Wildman–Crippen LogP) is 1.76. The molecule has 5 nitrogen and oxygen atoms in total. The number of nitrogens with two attached hydrogens (primary N) is 1. The highest BCUT2D eigenvalue weighted by Gasteiger charge is 2.31. The normalized spacial score (nSPS) is 18.4. The third kappa shape index (κ3) is 2.64. The number of aromatic nitrogens is 2. The second-order valence-corrected chi connectivity index (χ2v) is 5.79. The number of nitrogens with zero attached hydrogens (tertiary/aromatic N) is 2. The van der Waals surface area contributed by atoms with E-state index >= 15 is 0 Å². The van der Waals surface area contributed by atoms with Crippen LogP contribution in [0.5, 0.6) is 5.75 Å². The average Bonchev–Trinajstić information content (AvgIpc) is 3.00. The summed E-state index contributed by atoms with van der Waals surface area (Å²) in [6.45, 7) is 1.90. The zero-order valence-electron chi connectivity index (χ0n) is 12.1. The second-order valence-electron chi connectivity index (χ2n) is 5.42. The van der Waals surface area contributed by atoms with Crippen molar-refractivity contribution in [3.05, 3.63) is 46.2 Å². The maximum atomic E-state index is 6.32. The van der Waals surface area contributed by atoms with E-state index in [1.54, 1.807) is 0 Å². The van der Waals surface area contributed by atoms with Crippen LogP contribution in [0, 0.1) is 6.92 Å². The Morgan fingerprint density at radius 1 is 1.52 bits per heavy atom. The van der Waals surface area contributed by atoms with Crippen LogP contribution in [0.15, 0.2) is 24.3 Å². The third-order valence-corrected chi connectivity index (χ3v) is 4.50. The maximum Gasteiger partial charge on any atom is 0.123 e. The van der Waals surface area contributed by atoms with Crippen LogP contribution in [0.2, 0.25) is 5.02 Å². The first-order valence-electron chi connectivity index (χ1n) is 6.98. The molecule has 1 aromatic heterocycles. The zero-order chi connectivity index (χ0) is 15.0. The Kier molecular flexibility index (Phi) is 3.89.